The number of rotatable bonds is 5. The van der Waals surface area contributed by atoms with Gasteiger partial charge in [0.15, 0.2) is 5.13 Å². The summed E-state index contributed by atoms with van der Waals surface area (Å²) in [5, 5.41) is 3.19. The molecule has 0 aliphatic rings. The van der Waals surface area contributed by atoms with Gasteiger partial charge in [0.1, 0.15) is 0 Å². The van der Waals surface area contributed by atoms with E-state index in [1.807, 2.05) is 6.07 Å². The van der Waals surface area contributed by atoms with Gasteiger partial charge in [-0.1, -0.05) is 11.3 Å². The number of thiazole rings is 1. The maximum Gasteiger partial charge on any atom is 0.240 e. The molecule has 20 heavy (non-hydrogen) atoms. The minimum atomic E-state index is -0.476. The van der Waals surface area contributed by atoms with E-state index in [2.05, 4.69) is 10.3 Å². The monoisotopic (exact) mass is 293 g/mol. The van der Waals surface area contributed by atoms with Crippen LogP contribution in [0.1, 0.15) is 0 Å². The molecule has 1 aromatic heterocycles. The van der Waals surface area contributed by atoms with Crippen LogP contribution < -0.4 is 16.8 Å². The average Bonchev–Trinajstić information content (AvgIpc) is 2.68. The molecular formula is C12H15N5O2S. The highest BCUT2D eigenvalue weighted by atomic mass is 32.1. The number of fused-ring (bicyclic) bond motifs is 1. The zero-order valence-corrected chi connectivity index (χ0v) is 11.7. The number of nitrogens with zero attached hydrogens (tertiary/aromatic N) is 2. The molecule has 0 saturated carbocycles. The third kappa shape index (κ3) is 3.65. The van der Waals surface area contributed by atoms with Crippen LogP contribution in [0, 0.1) is 0 Å². The number of nitrogens with two attached hydrogens (primary N) is 2. The average molecular weight is 293 g/mol. The first-order chi connectivity index (χ1) is 9.44. The van der Waals surface area contributed by atoms with Crippen LogP contribution in [-0.4, -0.2) is 41.8 Å². The lowest BCUT2D eigenvalue weighted by atomic mass is 10.3. The Hall–Kier alpha value is -2.19. The zero-order valence-electron chi connectivity index (χ0n) is 10.9. The summed E-state index contributed by atoms with van der Waals surface area (Å²) in [4.78, 5) is 28.3. The number of hydrogen-bond donors (Lipinski definition) is 3. The summed E-state index contributed by atoms with van der Waals surface area (Å²) in [6.07, 6.45) is 0. The number of amides is 2. The van der Waals surface area contributed by atoms with Gasteiger partial charge in [0.25, 0.3) is 0 Å². The molecule has 2 rings (SSSR count). The number of likely N-dealkylation sites (N-methyl/N-ethyl adjacent to an activating group) is 1. The van der Waals surface area contributed by atoms with Crippen LogP contribution in [-0.2, 0) is 9.59 Å². The van der Waals surface area contributed by atoms with Crippen molar-refractivity contribution < 1.29 is 9.59 Å². The van der Waals surface area contributed by atoms with Crippen molar-refractivity contribution >= 4 is 44.2 Å². The van der Waals surface area contributed by atoms with E-state index in [-0.39, 0.29) is 19.0 Å². The summed E-state index contributed by atoms with van der Waals surface area (Å²) in [5.41, 5.74) is 12.2. The molecule has 0 radical (unpaired) electrons. The van der Waals surface area contributed by atoms with Gasteiger partial charge in [0.05, 0.1) is 23.3 Å². The zero-order chi connectivity index (χ0) is 14.7. The predicted octanol–water partition coefficient (Wildman–Crippen LogP) is 0.234. The van der Waals surface area contributed by atoms with Crippen LogP contribution in [0.15, 0.2) is 18.2 Å². The molecule has 7 nitrogen and oxygen atoms in total. The molecule has 0 aliphatic carbocycles. The molecule has 8 heteroatoms. The number of nitrogen functional groups attached to an aromatic ring is 1. The number of carbonyl (C=O) groups is 2. The molecule has 0 fully saturated rings. The van der Waals surface area contributed by atoms with Gasteiger partial charge in [0.2, 0.25) is 11.8 Å². The standard InChI is InChI=1S/C12H15N5O2S/c1-17(5-10(14)18)6-11(19)16-12-15-8-3-2-7(13)4-9(8)20-12/h2-4H,5-6,13H2,1H3,(H2,14,18)(H,15,16,19). The minimum absolute atomic E-state index is 0.0315. The Bertz CT molecular complexity index is 654. The molecule has 5 N–H and O–H groups in total. The highest BCUT2D eigenvalue weighted by Crippen LogP contribution is 2.27. The van der Waals surface area contributed by atoms with Crippen LogP contribution in [0.4, 0.5) is 10.8 Å². The first-order valence-electron chi connectivity index (χ1n) is 5.87. The molecule has 1 heterocycles. The van der Waals surface area contributed by atoms with Crippen molar-refractivity contribution in [3.05, 3.63) is 18.2 Å². The lowest BCUT2D eigenvalue weighted by Crippen LogP contribution is -2.36. The van der Waals surface area contributed by atoms with Crippen molar-refractivity contribution in [2.45, 2.75) is 0 Å². The third-order valence-electron chi connectivity index (χ3n) is 2.50. The Morgan fingerprint density at radius 2 is 2.15 bits per heavy atom. The molecule has 0 saturated heterocycles. The highest BCUT2D eigenvalue weighted by Gasteiger charge is 2.11. The maximum atomic E-state index is 11.8. The Balaban J connectivity index is 2.00. The fourth-order valence-electron chi connectivity index (χ4n) is 1.72. The molecule has 106 valence electrons. The number of anilines is 2. The number of carbonyl (C=O) groups excluding carboxylic acids is 2. The van der Waals surface area contributed by atoms with Gasteiger partial charge in [-0.15, -0.1) is 0 Å². The topological polar surface area (TPSA) is 114 Å². The second kappa shape index (κ2) is 5.85. The van der Waals surface area contributed by atoms with Crippen molar-refractivity contribution in [3.8, 4) is 0 Å². The highest BCUT2D eigenvalue weighted by molar-refractivity contribution is 7.22. The first-order valence-corrected chi connectivity index (χ1v) is 6.68. The van der Waals surface area contributed by atoms with Gasteiger partial charge < -0.3 is 16.8 Å². The Labute approximate surface area is 119 Å². The van der Waals surface area contributed by atoms with E-state index in [9.17, 15) is 9.59 Å². The van der Waals surface area contributed by atoms with E-state index >= 15 is 0 Å². The summed E-state index contributed by atoms with van der Waals surface area (Å²) in [7, 11) is 1.64. The maximum absolute atomic E-state index is 11.8. The Morgan fingerprint density at radius 3 is 2.85 bits per heavy atom. The normalized spacial score (nSPS) is 10.9. The lowest BCUT2D eigenvalue weighted by molar-refractivity contribution is -0.120. The molecule has 0 atom stereocenters. The van der Waals surface area contributed by atoms with E-state index in [1.165, 1.54) is 16.2 Å². The van der Waals surface area contributed by atoms with Crippen LogP contribution in [0.5, 0.6) is 0 Å². The number of aromatic nitrogens is 1. The van der Waals surface area contributed by atoms with Gasteiger partial charge >= 0.3 is 0 Å². The van der Waals surface area contributed by atoms with Crippen LogP contribution in [0.2, 0.25) is 0 Å². The number of nitrogens with one attached hydrogen (secondary N) is 1. The number of hydrogen-bond acceptors (Lipinski definition) is 6. The van der Waals surface area contributed by atoms with E-state index in [0.29, 0.717) is 10.8 Å². The lowest BCUT2D eigenvalue weighted by Gasteiger charge is -2.12. The molecule has 0 bridgehead atoms. The molecule has 0 unspecified atom stereocenters. The van der Waals surface area contributed by atoms with Gasteiger partial charge in [-0.2, -0.15) is 0 Å². The molecule has 0 aliphatic heterocycles. The smallest absolute Gasteiger partial charge is 0.240 e. The third-order valence-corrected chi connectivity index (χ3v) is 3.43. The van der Waals surface area contributed by atoms with Crippen LogP contribution >= 0.6 is 11.3 Å². The number of primary amides is 1. The van der Waals surface area contributed by atoms with Gasteiger partial charge in [-0.05, 0) is 25.2 Å². The fourth-order valence-corrected chi connectivity index (χ4v) is 2.65. The SMILES string of the molecule is CN(CC(N)=O)CC(=O)Nc1nc2ccc(N)cc2s1. The van der Waals surface area contributed by atoms with Crippen LogP contribution in [0.25, 0.3) is 10.2 Å². The van der Waals surface area contributed by atoms with E-state index in [1.54, 1.807) is 19.2 Å². The van der Waals surface area contributed by atoms with Crippen molar-refractivity contribution in [2.24, 2.45) is 5.73 Å². The first kappa shape index (κ1) is 14.2. The Kier molecular flexibility index (Phi) is 4.16. The summed E-state index contributed by atoms with van der Waals surface area (Å²) in [6.45, 7) is 0.102. The number of benzene rings is 1. The second-order valence-electron chi connectivity index (χ2n) is 4.43. The van der Waals surface area contributed by atoms with Crippen molar-refractivity contribution in [3.63, 3.8) is 0 Å². The summed E-state index contributed by atoms with van der Waals surface area (Å²) in [6, 6.07) is 5.37. The fraction of sp³-hybridized carbons (Fsp3) is 0.250. The summed E-state index contributed by atoms with van der Waals surface area (Å²) < 4.78 is 0.908. The van der Waals surface area contributed by atoms with Crippen LogP contribution in [0.3, 0.4) is 0 Å². The van der Waals surface area contributed by atoms with Crippen molar-refractivity contribution in [1.29, 1.82) is 0 Å². The van der Waals surface area contributed by atoms with Crippen molar-refractivity contribution in [1.82, 2.24) is 9.88 Å². The Morgan fingerprint density at radius 1 is 1.40 bits per heavy atom. The largest absolute Gasteiger partial charge is 0.399 e. The predicted molar refractivity (Wildman–Crippen MR) is 79.4 cm³/mol. The molecule has 0 spiro atoms. The second-order valence-corrected chi connectivity index (χ2v) is 5.46. The van der Waals surface area contributed by atoms with Crippen molar-refractivity contribution in [2.75, 3.05) is 31.2 Å². The minimum Gasteiger partial charge on any atom is -0.399 e. The summed E-state index contributed by atoms with van der Waals surface area (Å²) >= 11 is 1.35. The van der Waals surface area contributed by atoms with E-state index in [0.717, 1.165) is 10.2 Å². The van der Waals surface area contributed by atoms with E-state index < -0.39 is 5.91 Å². The molecule has 2 aromatic rings. The van der Waals surface area contributed by atoms with E-state index in [4.69, 9.17) is 11.5 Å². The molecular weight excluding hydrogens is 278 g/mol. The molecule has 1 aromatic carbocycles. The summed E-state index contributed by atoms with van der Waals surface area (Å²) in [5.74, 6) is -0.725. The molecule has 2 amide bonds. The van der Waals surface area contributed by atoms with Gasteiger partial charge in [-0.3, -0.25) is 14.5 Å². The van der Waals surface area contributed by atoms with Gasteiger partial charge in [-0.25, -0.2) is 4.98 Å². The van der Waals surface area contributed by atoms with Gasteiger partial charge in [0, 0.05) is 5.69 Å². The quantitative estimate of drug-likeness (QED) is 0.683.